The van der Waals surface area contributed by atoms with Gasteiger partial charge in [0, 0.05) is 0 Å². The van der Waals surface area contributed by atoms with E-state index < -0.39 is 5.60 Å². The van der Waals surface area contributed by atoms with E-state index in [-0.39, 0.29) is 24.4 Å². The summed E-state index contributed by atoms with van der Waals surface area (Å²) in [7, 11) is 1.62. The van der Waals surface area contributed by atoms with Crippen LogP contribution in [0.1, 0.15) is 41.1 Å². The third-order valence-corrected chi connectivity index (χ3v) is 5.71. The summed E-state index contributed by atoms with van der Waals surface area (Å²) in [5, 5.41) is 26.7. The molecule has 2 unspecified atom stereocenters. The van der Waals surface area contributed by atoms with Gasteiger partial charge >= 0.3 is 6.03 Å². The lowest BCUT2D eigenvalue weighted by Crippen LogP contribution is -2.44. The molecule has 0 heterocycles. The van der Waals surface area contributed by atoms with Crippen LogP contribution in [0.2, 0.25) is 0 Å². The van der Waals surface area contributed by atoms with Crippen molar-refractivity contribution in [2.75, 3.05) is 13.7 Å². The molecule has 0 saturated carbocycles. The molecule has 2 aliphatic rings. The normalized spacial score (nSPS) is 22.8. The Morgan fingerprint density at radius 3 is 2.96 bits per heavy atom. The maximum Gasteiger partial charge on any atom is 0.315 e. The summed E-state index contributed by atoms with van der Waals surface area (Å²) >= 11 is 0. The maximum absolute atomic E-state index is 12.4. The average Bonchev–Trinajstić information content (AvgIpc) is 3.23. The molecule has 0 radical (unpaired) electrons. The van der Waals surface area contributed by atoms with Crippen LogP contribution in [0.5, 0.6) is 11.5 Å². The molecule has 2 aliphatic carbocycles. The lowest BCUT2D eigenvalue weighted by atomic mass is 9.96. The van der Waals surface area contributed by atoms with Crippen LogP contribution in [-0.2, 0) is 18.4 Å². The van der Waals surface area contributed by atoms with Gasteiger partial charge < -0.3 is 25.6 Å². The topological polar surface area (TPSA) is 90.8 Å². The zero-order valence-corrected chi connectivity index (χ0v) is 15.3. The molecule has 4 N–H and O–H groups in total. The Morgan fingerprint density at radius 2 is 2.15 bits per heavy atom. The third-order valence-electron chi connectivity index (χ3n) is 5.71. The van der Waals surface area contributed by atoms with Crippen LogP contribution in [-0.4, -0.2) is 29.9 Å². The number of carbonyl (C=O) groups is 1. The number of aryl methyl sites for hydroxylation is 1. The van der Waals surface area contributed by atoms with E-state index in [0.717, 1.165) is 47.3 Å². The molecule has 27 heavy (non-hydrogen) atoms. The van der Waals surface area contributed by atoms with Crippen molar-refractivity contribution in [3.05, 3.63) is 58.7 Å². The highest BCUT2D eigenvalue weighted by Crippen LogP contribution is 2.38. The summed E-state index contributed by atoms with van der Waals surface area (Å²) in [5.74, 6) is 1.05. The molecule has 0 bridgehead atoms. The molecular formula is C21H24N2O4. The van der Waals surface area contributed by atoms with Gasteiger partial charge in [0.2, 0.25) is 0 Å². The molecule has 2 amide bonds. The van der Waals surface area contributed by atoms with Crippen molar-refractivity contribution in [1.29, 1.82) is 0 Å². The van der Waals surface area contributed by atoms with Crippen LogP contribution in [0.4, 0.5) is 4.79 Å². The molecule has 2 aromatic carbocycles. The Bertz CT molecular complexity index is 882. The third kappa shape index (κ3) is 3.21. The fraction of sp³-hybridized carbons (Fsp3) is 0.381. The highest BCUT2D eigenvalue weighted by molar-refractivity contribution is 5.75. The van der Waals surface area contributed by atoms with Gasteiger partial charge in [-0.1, -0.05) is 18.2 Å². The first-order chi connectivity index (χ1) is 13.0. The van der Waals surface area contributed by atoms with Crippen LogP contribution in [0.3, 0.4) is 0 Å². The van der Waals surface area contributed by atoms with Gasteiger partial charge in [0.1, 0.15) is 17.1 Å². The minimum atomic E-state index is -1.06. The van der Waals surface area contributed by atoms with Gasteiger partial charge in [0.05, 0.1) is 19.7 Å². The lowest BCUT2D eigenvalue weighted by Gasteiger charge is -2.25. The number of ether oxygens (including phenoxy) is 1. The van der Waals surface area contributed by atoms with E-state index in [0.29, 0.717) is 6.42 Å². The molecule has 4 rings (SSSR count). The summed E-state index contributed by atoms with van der Waals surface area (Å²) < 4.78 is 5.24. The fourth-order valence-electron chi connectivity index (χ4n) is 4.24. The Balaban J connectivity index is 1.39. The maximum atomic E-state index is 12.4. The molecule has 2 atom stereocenters. The monoisotopic (exact) mass is 368 g/mol. The lowest BCUT2D eigenvalue weighted by molar-refractivity contribution is 0.0411. The number of phenolic OH excluding ortho intramolecular Hbond substituents is 1. The van der Waals surface area contributed by atoms with Crippen molar-refractivity contribution in [3.8, 4) is 11.5 Å². The summed E-state index contributed by atoms with van der Waals surface area (Å²) in [6.07, 6.45) is 2.82. The molecule has 142 valence electrons. The van der Waals surface area contributed by atoms with Crippen LogP contribution < -0.4 is 15.4 Å². The second-order valence-electron chi connectivity index (χ2n) is 7.32. The minimum Gasteiger partial charge on any atom is -0.508 e. The molecule has 0 fully saturated rings. The molecule has 0 aromatic heterocycles. The number of urea groups is 1. The largest absolute Gasteiger partial charge is 0.508 e. The van der Waals surface area contributed by atoms with Crippen molar-refractivity contribution in [3.63, 3.8) is 0 Å². The minimum absolute atomic E-state index is 0.123. The van der Waals surface area contributed by atoms with E-state index in [9.17, 15) is 15.0 Å². The smallest absolute Gasteiger partial charge is 0.315 e. The molecule has 0 saturated heterocycles. The Morgan fingerprint density at radius 1 is 1.30 bits per heavy atom. The van der Waals surface area contributed by atoms with Gasteiger partial charge in [-0.3, -0.25) is 0 Å². The highest BCUT2D eigenvalue weighted by Gasteiger charge is 2.37. The van der Waals surface area contributed by atoms with Gasteiger partial charge in [-0.2, -0.15) is 0 Å². The number of fused-ring (bicyclic) bond motifs is 2. The zero-order chi connectivity index (χ0) is 19.0. The number of hydrogen-bond acceptors (Lipinski definition) is 4. The van der Waals surface area contributed by atoms with Crippen molar-refractivity contribution in [2.45, 2.75) is 37.3 Å². The van der Waals surface area contributed by atoms with Crippen molar-refractivity contribution in [1.82, 2.24) is 10.6 Å². The predicted octanol–water partition coefficient (Wildman–Crippen LogP) is 2.52. The van der Waals surface area contributed by atoms with Gasteiger partial charge in [-0.15, -0.1) is 0 Å². The summed E-state index contributed by atoms with van der Waals surface area (Å²) in [6, 6.07) is 10.6. The molecule has 0 spiro atoms. The Hall–Kier alpha value is -2.73. The number of nitrogens with one attached hydrogen (secondary N) is 2. The van der Waals surface area contributed by atoms with Crippen molar-refractivity contribution >= 4 is 6.03 Å². The molecule has 6 nitrogen and oxygen atoms in total. The number of methoxy groups -OCH3 is 1. The van der Waals surface area contributed by atoms with E-state index in [1.165, 1.54) is 0 Å². The van der Waals surface area contributed by atoms with Crippen LogP contribution in [0.25, 0.3) is 0 Å². The molecule has 0 aliphatic heterocycles. The fourth-order valence-corrected chi connectivity index (χ4v) is 4.24. The number of carbonyl (C=O) groups excluding carboxylic acids is 1. The number of rotatable bonds is 4. The first-order valence-corrected chi connectivity index (χ1v) is 9.25. The van der Waals surface area contributed by atoms with E-state index in [1.807, 2.05) is 24.3 Å². The van der Waals surface area contributed by atoms with Crippen molar-refractivity contribution < 1.29 is 19.7 Å². The van der Waals surface area contributed by atoms with Gasteiger partial charge in [0.15, 0.2) is 0 Å². The number of aromatic hydroxyl groups is 1. The summed E-state index contributed by atoms with van der Waals surface area (Å²) in [6.45, 7) is 0.151. The number of hydrogen-bond donors (Lipinski definition) is 4. The quantitative estimate of drug-likeness (QED) is 0.667. The second kappa shape index (κ2) is 6.78. The van der Waals surface area contributed by atoms with Crippen LogP contribution in [0.15, 0.2) is 36.4 Å². The molecule has 2 aromatic rings. The predicted molar refractivity (Wildman–Crippen MR) is 101 cm³/mol. The number of benzene rings is 2. The summed E-state index contributed by atoms with van der Waals surface area (Å²) in [5.41, 5.74) is 2.70. The van der Waals surface area contributed by atoms with E-state index in [4.69, 9.17) is 4.74 Å². The Labute approximate surface area is 158 Å². The summed E-state index contributed by atoms with van der Waals surface area (Å²) in [4.78, 5) is 12.4. The number of aliphatic hydroxyl groups is 1. The van der Waals surface area contributed by atoms with Gasteiger partial charge in [0.25, 0.3) is 0 Å². The van der Waals surface area contributed by atoms with E-state index in [1.54, 1.807) is 19.2 Å². The SMILES string of the molecule is COc1ccc2c(c1)CCC2(O)CNC(=O)NC1CCc2c(O)cccc21. The average molecular weight is 368 g/mol. The van der Waals surface area contributed by atoms with E-state index in [2.05, 4.69) is 10.6 Å². The molecular weight excluding hydrogens is 344 g/mol. The first-order valence-electron chi connectivity index (χ1n) is 9.25. The highest BCUT2D eigenvalue weighted by atomic mass is 16.5. The Kier molecular flexibility index (Phi) is 4.44. The van der Waals surface area contributed by atoms with Crippen LogP contribution in [0, 0.1) is 0 Å². The first kappa shape index (κ1) is 17.7. The van der Waals surface area contributed by atoms with Crippen molar-refractivity contribution in [2.24, 2.45) is 0 Å². The number of phenols is 1. The molecule has 6 heteroatoms. The number of amides is 2. The van der Waals surface area contributed by atoms with E-state index >= 15 is 0 Å². The second-order valence-corrected chi connectivity index (χ2v) is 7.32. The van der Waals surface area contributed by atoms with Gasteiger partial charge in [-0.05, 0) is 66.1 Å². The van der Waals surface area contributed by atoms with Gasteiger partial charge in [-0.25, -0.2) is 4.79 Å². The standard InChI is InChI=1S/C21H24N2O4/c1-27-14-5-7-17-13(11-14)9-10-21(17,26)12-22-20(25)23-18-8-6-16-15(18)3-2-4-19(16)24/h2-5,7,11,18,24,26H,6,8-10,12H2,1H3,(H2,22,23,25). The zero-order valence-electron chi connectivity index (χ0n) is 15.3. The van der Waals surface area contributed by atoms with Crippen LogP contribution >= 0.6 is 0 Å².